The Bertz CT molecular complexity index is 2230. The topological polar surface area (TPSA) is 187 Å². The number of Topliss-reactive ketones (excluding diaryl/α,β-unsaturated/α-hetero) is 2. The van der Waals surface area contributed by atoms with Gasteiger partial charge in [-0.05, 0) is 97.9 Å². The molecule has 0 aromatic heterocycles. The number of carbonyl (C=O) groups excluding carboxylic acids is 2. The Balaban J connectivity index is 1.59. The monoisotopic (exact) mass is 722 g/mol. The number of ketones is 2. The van der Waals surface area contributed by atoms with Crippen LogP contribution in [-0.4, -0.2) is 32.0 Å². The van der Waals surface area contributed by atoms with Crippen molar-refractivity contribution in [2.45, 2.75) is 67.2 Å². The number of aromatic hydroxyl groups is 2. The van der Waals surface area contributed by atoms with Gasteiger partial charge >= 0.3 is 0 Å². The zero-order valence-electron chi connectivity index (χ0n) is 31.1. The number of hydrogen-bond donors (Lipinski definition) is 6. The van der Waals surface area contributed by atoms with Crippen LogP contribution in [0.15, 0.2) is 82.9 Å². The number of benzene rings is 2. The summed E-state index contributed by atoms with van der Waals surface area (Å²) >= 11 is 0. The summed E-state index contributed by atoms with van der Waals surface area (Å²) in [7, 11) is 0. The molecule has 0 amide bonds. The van der Waals surface area contributed by atoms with Crippen LogP contribution in [0.3, 0.4) is 0 Å². The third-order valence-electron chi connectivity index (χ3n) is 10.3. The molecule has 0 spiro atoms. The van der Waals surface area contributed by atoms with E-state index in [2.05, 4.69) is 22.8 Å². The molecule has 0 unspecified atom stereocenters. The average molecular weight is 723 g/mol. The molecule has 0 atom stereocenters. The minimum Gasteiger partial charge on any atom is -0.507 e. The fraction of sp³-hybridized carbons (Fsp3) is 0.273. The number of rotatable bonds is 7. The molecule has 0 radical (unpaired) electrons. The maximum atomic E-state index is 13.9. The van der Waals surface area contributed by atoms with Crippen molar-refractivity contribution < 1.29 is 30.0 Å². The highest BCUT2D eigenvalue weighted by Crippen LogP contribution is 2.53. The lowest BCUT2D eigenvalue weighted by molar-refractivity contribution is -0.113. The van der Waals surface area contributed by atoms with E-state index in [9.17, 15) is 40.5 Å². The molecular weight excluding hydrogens is 681 g/mol. The first-order chi connectivity index (χ1) is 25.7. The molecule has 6 N–H and O–H groups in total. The quantitative estimate of drug-likeness (QED) is 0.151. The first-order valence-corrected chi connectivity index (χ1v) is 17.9. The Kier molecular flexibility index (Phi) is 9.99. The SMILES string of the molecule is Cc1cc2c(c(O)c1-c1c(C)cc3c(c1O)C(=CNC1=CC=C(C#N)CC1)C(=O)C(O)=C3C(C)C)C(=CNC1=CC=C(C#N)CC1)C(=O)C(O)=C2C(C)C. The molecular formula is C44H42N4O6. The molecule has 0 saturated heterocycles. The van der Waals surface area contributed by atoms with E-state index in [4.69, 9.17) is 0 Å². The molecule has 0 heterocycles. The Hall–Kier alpha value is -6.52. The standard InChI is InChI=1S/C44H42N4O6/c1-21(2)33-29-15-23(5)35(41(51)37(29)31(39(49)43(33)53)19-47-27-11-7-25(17-45)8-12-27)36-24(6)16-30-34(22(3)4)44(54)40(50)32(38(30)42(36)52)20-48-28-13-9-26(18-46)10-14-28/h7,9,11,13,15-16,19-22,47-48,51-54H,8,10,12,14H2,1-6H3. The van der Waals surface area contributed by atoms with Crippen LogP contribution < -0.4 is 10.6 Å². The molecule has 2 aromatic carbocycles. The summed E-state index contributed by atoms with van der Waals surface area (Å²) in [5.74, 6) is -3.37. The molecule has 2 aromatic rings. The van der Waals surface area contributed by atoms with Crippen molar-refractivity contribution in [3.05, 3.63) is 116 Å². The van der Waals surface area contributed by atoms with Gasteiger partial charge in [-0.1, -0.05) is 39.8 Å². The maximum Gasteiger partial charge on any atom is 0.229 e. The van der Waals surface area contributed by atoms with Crippen molar-refractivity contribution in [2.75, 3.05) is 0 Å². The number of nitrogens with one attached hydrogen (secondary N) is 2. The van der Waals surface area contributed by atoms with Crippen molar-refractivity contribution >= 4 is 33.9 Å². The number of aryl methyl sites for hydroxylation is 2. The molecule has 0 bridgehead atoms. The van der Waals surface area contributed by atoms with E-state index >= 15 is 0 Å². The van der Waals surface area contributed by atoms with Crippen LogP contribution in [0.1, 0.15) is 86.8 Å². The highest BCUT2D eigenvalue weighted by molar-refractivity contribution is 6.35. The lowest BCUT2D eigenvalue weighted by Crippen LogP contribution is -2.21. The Morgan fingerprint density at radius 3 is 1.28 bits per heavy atom. The molecule has 274 valence electrons. The number of aliphatic hydroxyl groups excluding tert-OH is 2. The molecule has 0 fully saturated rings. The summed E-state index contributed by atoms with van der Waals surface area (Å²) in [6.45, 7) is 10.9. The van der Waals surface area contributed by atoms with E-state index in [1.807, 2.05) is 27.7 Å². The molecule has 4 aliphatic rings. The van der Waals surface area contributed by atoms with Crippen molar-refractivity contribution in [2.24, 2.45) is 11.8 Å². The van der Waals surface area contributed by atoms with Gasteiger partial charge in [-0.3, -0.25) is 9.59 Å². The zero-order chi connectivity index (χ0) is 39.2. The normalized spacial score (nSPS) is 18.6. The third kappa shape index (κ3) is 6.30. The number of nitriles is 2. The van der Waals surface area contributed by atoms with E-state index in [0.717, 1.165) is 11.4 Å². The van der Waals surface area contributed by atoms with Crippen molar-refractivity contribution in [1.82, 2.24) is 10.6 Å². The molecule has 54 heavy (non-hydrogen) atoms. The van der Waals surface area contributed by atoms with E-state index in [1.165, 1.54) is 12.4 Å². The summed E-state index contributed by atoms with van der Waals surface area (Å²) in [6, 6.07) is 7.86. The number of hydrogen-bond acceptors (Lipinski definition) is 10. The number of allylic oxidation sites excluding steroid dienone is 12. The number of carbonyl (C=O) groups is 2. The van der Waals surface area contributed by atoms with Crippen LogP contribution in [-0.2, 0) is 9.59 Å². The van der Waals surface area contributed by atoms with Gasteiger partial charge in [-0.2, -0.15) is 10.5 Å². The summed E-state index contributed by atoms with van der Waals surface area (Å²) < 4.78 is 0. The van der Waals surface area contributed by atoms with Gasteiger partial charge in [0.15, 0.2) is 11.5 Å². The molecule has 10 nitrogen and oxygen atoms in total. The second-order valence-electron chi connectivity index (χ2n) is 14.6. The predicted molar refractivity (Wildman–Crippen MR) is 208 cm³/mol. The zero-order valence-corrected chi connectivity index (χ0v) is 31.1. The van der Waals surface area contributed by atoms with E-state index in [0.29, 0.717) is 70.2 Å². The predicted octanol–water partition coefficient (Wildman–Crippen LogP) is 8.51. The molecule has 6 rings (SSSR count). The van der Waals surface area contributed by atoms with Crippen molar-refractivity contribution in [1.29, 1.82) is 10.5 Å². The van der Waals surface area contributed by atoms with E-state index < -0.39 is 23.1 Å². The second-order valence-corrected chi connectivity index (χ2v) is 14.6. The summed E-state index contributed by atoms with van der Waals surface area (Å²) in [5, 5.41) is 71.9. The molecule has 4 aliphatic carbocycles. The van der Waals surface area contributed by atoms with Crippen LogP contribution in [0, 0.1) is 48.3 Å². The van der Waals surface area contributed by atoms with Gasteiger partial charge in [-0.25, -0.2) is 0 Å². The summed E-state index contributed by atoms with van der Waals surface area (Å²) in [5.41, 5.74) is 6.38. The first kappa shape index (κ1) is 37.2. The van der Waals surface area contributed by atoms with Crippen LogP contribution in [0.4, 0.5) is 0 Å². The Morgan fingerprint density at radius 1 is 0.611 bits per heavy atom. The number of aliphatic hydroxyl groups is 2. The third-order valence-corrected chi connectivity index (χ3v) is 10.3. The Labute approximate surface area is 314 Å². The maximum absolute atomic E-state index is 13.9. The fourth-order valence-electron chi connectivity index (χ4n) is 7.66. The lowest BCUT2D eigenvalue weighted by Gasteiger charge is -2.30. The van der Waals surface area contributed by atoms with Gasteiger partial charge in [0.1, 0.15) is 11.5 Å². The molecule has 0 saturated carbocycles. The molecule has 0 aliphatic heterocycles. The summed E-state index contributed by atoms with van der Waals surface area (Å²) in [6.07, 6.45) is 11.9. The number of phenolic OH excluding ortho intramolecular Hbond substituents is 2. The van der Waals surface area contributed by atoms with Crippen LogP contribution >= 0.6 is 0 Å². The number of fused-ring (bicyclic) bond motifs is 2. The van der Waals surface area contributed by atoms with Crippen LogP contribution in [0.2, 0.25) is 0 Å². The number of phenols is 2. The first-order valence-electron chi connectivity index (χ1n) is 17.9. The fourth-order valence-corrected chi connectivity index (χ4v) is 7.66. The Morgan fingerprint density at radius 2 is 0.981 bits per heavy atom. The van der Waals surface area contributed by atoms with Crippen molar-refractivity contribution in [3.8, 4) is 34.8 Å². The minimum atomic E-state index is -0.683. The van der Waals surface area contributed by atoms with Crippen LogP contribution in [0.5, 0.6) is 11.5 Å². The second kappa shape index (κ2) is 14.5. The largest absolute Gasteiger partial charge is 0.507 e. The van der Waals surface area contributed by atoms with E-state index in [-0.39, 0.29) is 56.7 Å². The van der Waals surface area contributed by atoms with Gasteiger partial charge in [0.05, 0.1) is 23.3 Å². The lowest BCUT2D eigenvalue weighted by atomic mass is 9.75. The van der Waals surface area contributed by atoms with Crippen molar-refractivity contribution in [3.63, 3.8) is 0 Å². The van der Waals surface area contributed by atoms with E-state index in [1.54, 1.807) is 50.3 Å². The van der Waals surface area contributed by atoms with Gasteiger partial charge in [-0.15, -0.1) is 0 Å². The van der Waals surface area contributed by atoms with Gasteiger partial charge in [0.25, 0.3) is 0 Å². The summed E-state index contributed by atoms with van der Waals surface area (Å²) in [4.78, 5) is 27.8. The van der Waals surface area contributed by atoms with Gasteiger partial charge in [0.2, 0.25) is 11.6 Å². The van der Waals surface area contributed by atoms with Crippen LogP contribution in [0.25, 0.3) is 33.4 Å². The average Bonchev–Trinajstić information content (AvgIpc) is 3.13. The van der Waals surface area contributed by atoms with Gasteiger partial charge < -0.3 is 31.1 Å². The van der Waals surface area contributed by atoms with Gasteiger partial charge in [0, 0.05) is 68.3 Å². The molecule has 10 heteroatoms. The highest BCUT2D eigenvalue weighted by atomic mass is 16.3. The highest BCUT2D eigenvalue weighted by Gasteiger charge is 2.38. The number of nitrogens with zero attached hydrogens (tertiary/aromatic N) is 2. The smallest absolute Gasteiger partial charge is 0.229 e. The minimum absolute atomic E-state index is 0.0148.